The Morgan fingerprint density at radius 1 is 1.17 bits per heavy atom. The van der Waals surface area contributed by atoms with Crippen LogP contribution in [0.25, 0.3) is 6.08 Å². The summed E-state index contributed by atoms with van der Waals surface area (Å²) in [6.07, 6.45) is 1.77. The number of hydrogen-bond donors (Lipinski definition) is 1. The molecule has 0 saturated carbocycles. The number of amides is 2. The third-order valence-electron chi connectivity index (χ3n) is 4.45. The Morgan fingerprint density at radius 2 is 1.90 bits per heavy atom. The lowest BCUT2D eigenvalue weighted by atomic mass is 10.1. The molecule has 0 atom stereocenters. The van der Waals surface area contributed by atoms with E-state index in [2.05, 4.69) is 5.32 Å². The minimum absolute atomic E-state index is 0.113. The van der Waals surface area contributed by atoms with Gasteiger partial charge < -0.3 is 10.1 Å². The summed E-state index contributed by atoms with van der Waals surface area (Å²) in [4.78, 5) is 27.0. The molecular weight excluding hydrogens is 404 g/mol. The maximum absolute atomic E-state index is 12.7. The van der Waals surface area contributed by atoms with Crippen molar-refractivity contribution >= 4 is 51.9 Å². The number of nitrogens with zero attached hydrogens (tertiary/aromatic N) is 1. The molecule has 29 heavy (non-hydrogen) atoms. The number of ether oxygens (including phenoxy) is 1. The second-order valence-corrected chi connectivity index (χ2v) is 8.29. The van der Waals surface area contributed by atoms with Gasteiger partial charge in [0.15, 0.2) is 0 Å². The van der Waals surface area contributed by atoms with E-state index < -0.39 is 0 Å². The Morgan fingerprint density at radius 3 is 2.55 bits per heavy atom. The predicted molar refractivity (Wildman–Crippen MR) is 122 cm³/mol. The van der Waals surface area contributed by atoms with E-state index in [4.69, 9.17) is 17.0 Å². The van der Waals surface area contributed by atoms with Crippen molar-refractivity contribution in [3.8, 4) is 5.75 Å². The first-order valence-electron chi connectivity index (χ1n) is 9.22. The molecule has 1 fully saturated rings. The van der Waals surface area contributed by atoms with Crippen LogP contribution in [-0.2, 0) is 9.59 Å². The summed E-state index contributed by atoms with van der Waals surface area (Å²) < 4.78 is 5.80. The van der Waals surface area contributed by atoms with Crippen molar-refractivity contribution in [2.45, 2.75) is 20.8 Å². The van der Waals surface area contributed by atoms with Crippen LogP contribution in [0.15, 0.2) is 47.4 Å². The van der Waals surface area contributed by atoms with Gasteiger partial charge in [0.2, 0.25) is 5.91 Å². The van der Waals surface area contributed by atoms with Crippen molar-refractivity contribution in [2.75, 3.05) is 18.5 Å². The Hall–Kier alpha value is -2.64. The van der Waals surface area contributed by atoms with Crippen LogP contribution >= 0.6 is 24.0 Å². The maximum atomic E-state index is 12.7. The van der Waals surface area contributed by atoms with Crippen LogP contribution in [0.3, 0.4) is 0 Å². The Bertz CT molecular complexity index is 984. The van der Waals surface area contributed by atoms with E-state index in [0.717, 1.165) is 22.4 Å². The van der Waals surface area contributed by atoms with Crippen LogP contribution in [0.2, 0.25) is 0 Å². The van der Waals surface area contributed by atoms with Crippen molar-refractivity contribution in [3.63, 3.8) is 0 Å². The highest BCUT2D eigenvalue weighted by Gasteiger charge is 2.33. The monoisotopic (exact) mass is 426 g/mol. The number of benzene rings is 2. The summed E-state index contributed by atoms with van der Waals surface area (Å²) >= 11 is 6.52. The number of thiocarbonyl (C=S) groups is 1. The molecule has 1 saturated heterocycles. The van der Waals surface area contributed by atoms with Gasteiger partial charge in [-0.2, -0.15) is 0 Å². The lowest BCUT2D eigenvalue weighted by Gasteiger charge is -2.14. The normalized spacial score (nSPS) is 15.1. The minimum Gasteiger partial charge on any atom is -0.494 e. The Kier molecular flexibility index (Phi) is 6.71. The number of aryl methyl sites for hydroxylation is 2. The van der Waals surface area contributed by atoms with Gasteiger partial charge in [0.25, 0.3) is 5.91 Å². The highest BCUT2D eigenvalue weighted by molar-refractivity contribution is 8.26. The van der Waals surface area contributed by atoms with Crippen molar-refractivity contribution in [1.82, 2.24) is 4.90 Å². The van der Waals surface area contributed by atoms with Gasteiger partial charge in [-0.05, 0) is 67.8 Å². The van der Waals surface area contributed by atoms with Crippen molar-refractivity contribution in [3.05, 3.63) is 64.1 Å². The zero-order valence-corrected chi connectivity index (χ0v) is 18.2. The topological polar surface area (TPSA) is 58.6 Å². The molecule has 1 aliphatic rings. The van der Waals surface area contributed by atoms with Gasteiger partial charge in [0, 0.05) is 5.69 Å². The molecule has 5 nitrogen and oxygen atoms in total. The number of rotatable bonds is 6. The molecule has 1 aliphatic heterocycles. The molecule has 0 unspecified atom stereocenters. The summed E-state index contributed by atoms with van der Waals surface area (Å²) in [6, 6.07) is 13.2. The lowest BCUT2D eigenvalue weighted by Crippen LogP contribution is -2.36. The molecule has 0 spiro atoms. The zero-order valence-electron chi connectivity index (χ0n) is 16.5. The van der Waals surface area contributed by atoms with Crippen molar-refractivity contribution in [2.24, 2.45) is 0 Å². The summed E-state index contributed by atoms with van der Waals surface area (Å²) in [5.74, 6) is 0.233. The fraction of sp³-hybridized carbons (Fsp3) is 0.227. The van der Waals surface area contributed by atoms with Gasteiger partial charge >= 0.3 is 0 Å². The van der Waals surface area contributed by atoms with Gasteiger partial charge in [-0.15, -0.1) is 0 Å². The SMILES string of the molecule is CCOc1ccc(C=C2SC(=S)N(CC(=O)Nc3ccc(C)c(C)c3)C2=O)cc1. The molecule has 1 N–H and O–H groups in total. The fourth-order valence-corrected chi connectivity index (χ4v) is 4.03. The summed E-state index contributed by atoms with van der Waals surface area (Å²) in [5, 5.41) is 2.83. The van der Waals surface area contributed by atoms with Crippen LogP contribution in [0, 0.1) is 13.8 Å². The van der Waals surface area contributed by atoms with Gasteiger partial charge in [-0.1, -0.05) is 42.2 Å². The molecule has 0 aromatic heterocycles. The molecule has 7 heteroatoms. The first-order valence-corrected chi connectivity index (χ1v) is 10.4. The van der Waals surface area contributed by atoms with Crippen LogP contribution < -0.4 is 10.1 Å². The van der Waals surface area contributed by atoms with E-state index in [1.54, 1.807) is 6.08 Å². The summed E-state index contributed by atoms with van der Waals surface area (Å²) in [5.41, 5.74) is 3.81. The van der Waals surface area contributed by atoms with E-state index in [-0.39, 0.29) is 18.4 Å². The molecule has 1 heterocycles. The van der Waals surface area contributed by atoms with Gasteiger partial charge in [0.1, 0.15) is 16.6 Å². The van der Waals surface area contributed by atoms with E-state index in [9.17, 15) is 9.59 Å². The molecule has 0 bridgehead atoms. The van der Waals surface area contributed by atoms with Gasteiger partial charge in [0.05, 0.1) is 11.5 Å². The number of thioether (sulfide) groups is 1. The maximum Gasteiger partial charge on any atom is 0.266 e. The lowest BCUT2D eigenvalue weighted by molar-refractivity contribution is -0.126. The second kappa shape index (κ2) is 9.24. The average Bonchev–Trinajstić information content (AvgIpc) is 2.94. The van der Waals surface area contributed by atoms with E-state index in [0.29, 0.717) is 21.5 Å². The smallest absolute Gasteiger partial charge is 0.266 e. The molecule has 150 valence electrons. The summed E-state index contributed by atoms with van der Waals surface area (Å²) in [6.45, 7) is 6.41. The Labute approximate surface area is 180 Å². The van der Waals surface area contributed by atoms with E-state index in [1.165, 1.54) is 16.7 Å². The molecule has 0 aliphatic carbocycles. The van der Waals surface area contributed by atoms with Crippen LogP contribution in [-0.4, -0.2) is 34.2 Å². The molecule has 2 aromatic carbocycles. The molecular formula is C22H22N2O3S2. The number of carbonyl (C=O) groups is 2. The number of anilines is 1. The molecule has 3 rings (SSSR count). The van der Waals surface area contributed by atoms with Crippen molar-refractivity contribution < 1.29 is 14.3 Å². The highest BCUT2D eigenvalue weighted by Crippen LogP contribution is 2.32. The van der Waals surface area contributed by atoms with E-state index >= 15 is 0 Å². The molecule has 0 radical (unpaired) electrons. The molecule has 2 amide bonds. The minimum atomic E-state index is -0.285. The molecule has 2 aromatic rings. The standard InChI is InChI=1S/C22H22N2O3S2/c1-4-27-18-9-6-16(7-10-18)12-19-21(26)24(22(28)29-19)13-20(25)23-17-8-5-14(2)15(3)11-17/h5-12H,4,13H2,1-3H3,(H,23,25). The van der Waals surface area contributed by atoms with Crippen LogP contribution in [0.5, 0.6) is 5.75 Å². The number of carbonyl (C=O) groups excluding carboxylic acids is 2. The van der Waals surface area contributed by atoms with Gasteiger partial charge in [-0.3, -0.25) is 14.5 Å². The van der Waals surface area contributed by atoms with E-state index in [1.807, 2.05) is 63.2 Å². The largest absolute Gasteiger partial charge is 0.494 e. The third kappa shape index (κ3) is 5.25. The second-order valence-electron chi connectivity index (χ2n) is 6.62. The van der Waals surface area contributed by atoms with Crippen molar-refractivity contribution in [1.29, 1.82) is 0 Å². The van der Waals surface area contributed by atoms with Gasteiger partial charge in [-0.25, -0.2) is 0 Å². The first kappa shape index (κ1) is 21.1. The van der Waals surface area contributed by atoms with Crippen LogP contribution in [0.1, 0.15) is 23.6 Å². The highest BCUT2D eigenvalue weighted by atomic mass is 32.2. The first-order chi connectivity index (χ1) is 13.9. The average molecular weight is 427 g/mol. The number of hydrogen-bond acceptors (Lipinski definition) is 5. The summed E-state index contributed by atoms with van der Waals surface area (Å²) in [7, 11) is 0. The Balaban J connectivity index is 1.66. The quantitative estimate of drug-likeness (QED) is 0.543. The van der Waals surface area contributed by atoms with Crippen LogP contribution in [0.4, 0.5) is 5.69 Å². The predicted octanol–water partition coefficient (Wildman–Crippen LogP) is 4.54. The third-order valence-corrected chi connectivity index (χ3v) is 5.83. The number of nitrogens with one attached hydrogen (secondary N) is 1. The zero-order chi connectivity index (χ0) is 21.0. The fourth-order valence-electron chi connectivity index (χ4n) is 2.78.